The molecule has 0 fully saturated rings. The van der Waals surface area contributed by atoms with Crippen molar-refractivity contribution in [2.75, 3.05) is 11.9 Å². The Morgan fingerprint density at radius 3 is 2.94 bits per heavy atom. The molecule has 0 radical (unpaired) electrons. The summed E-state index contributed by atoms with van der Waals surface area (Å²) in [6, 6.07) is 7.49. The van der Waals surface area contributed by atoms with Gasteiger partial charge in [0.1, 0.15) is 5.75 Å². The molecule has 1 aromatic carbocycles. The molecule has 0 saturated carbocycles. The van der Waals surface area contributed by atoms with E-state index in [1.54, 1.807) is 0 Å². The number of nitrogens with one attached hydrogen (secondary N) is 1. The van der Waals surface area contributed by atoms with Crippen LogP contribution >= 0.6 is 0 Å². The molecule has 3 N–H and O–H groups in total. The second kappa shape index (κ2) is 6.00. The zero-order valence-corrected chi connectivity index (χ0v) is 9.69. The molecular weight excluding hydrogens is 204 g/mol. The number of benzene rings is 1. The molecule has 0 aliphatic heterocycles. The summed E-state index contributed by atoms with van der Waals surface area (Å²) in [5, 5.41) is 2.92. The summed E-state index contributed by atoms with van der Waals surface area (Å²) in [7, 11) is 0. The molecule has 1 rings (SSSR count). The average Bonchev–Trinajstić information content (AvgIpc) is 2.26. The number of ether oxygens (including phenoxy) is 1. The van der Waals surface area contributed by atoms with Crippen LogP contribution in [0, 0.1) is 0 Å². The van der Waals surface area contributed by atoms with Gasteiger partial charge in [-0.2, -0.15) is 0 Å². The first kappa shape index (κ1) is 12.4. The van der Waals surface area contributed by atoms with Crippen LogP contribution in [-0.4, -0.2) is 18.6 Å². The summed E-state index contributed by atoms with van der Waals surface area (Å²) in [6.45, 7) is 4.22. The third-order valence-electron chi connectivity index (χ3n) is 2.21. The van der Waals surface area contributed by atoms with Crippen LogP contribution in [0.25, 0.3) is 0 Å². The molecule has 1 atom stereocenters. The van der Waals surface area contributed by atoms with Crippen molar-refractivity contribution in [1.29, 1.82) is 0 Å². The molecule has 4 heteroatoms. The number of nitrogens with two attached hydrogens (primary N) is 1. The highest BCUT2D eigenvalue weighted by atomic mass is 16.5. The Balaban J connectivity index is 2.60. The molecule has 0 aromatic heterocycles. The Morgan fingerprint density at radius 1 is 1.56 bits per heavy atom. The van der Waals surface area contributed by atoms with Gasteiger partial charge in [0.2, 0.25) is 5.91 Å². The van der Waals surface area contributed by atoms with Crippen LogP contribution in [0.2, 0.25) is 0 Å². The van der Waals surface area contributed by atoms with Gasteiger partial charge in [-0.25, -0.2) is 0 Å². The van der Waals surface area contributed by atoms with E-state index in [2.05, 4.69) is 12.2 Å². The molecule has 0 aliphatic rings. The van der Waals surface area contributed by atoms with Gasteiger partial charge in [-0.1, -0.05) is 13.0 Å². The SMILES string of the molecule is CCC(C)Oc1cccc(NCC(N)=O)c1. The van der Waals surface area contributed by atoms with Gasteiger partial charge in [0.05, 0.1) is 12.6 Å². The van der Waals surface area contributed by atoms with Crippen LogP contribution in [0.5, 0.6) is 5.75 Å². The summed E-state index contributed by atoms with van der Waals surface area (Å²) in [6.07, 6.45) is 1.14. The highest BCUT2D eigenvalue weighted by Gasteiger charge is 2.02. The zero-order chi connectivity index (χ0) is 12.0. The van der Waals surface area contributed by atoms with Crippen molar-refractivity contribution in [1.82, 2.24) is 0 Å². The van der Waals surface area contributed by atoms with Gasteiger partial charge >= 0.3 is 0 Å². The summed E-state index contributed by atoms with van der Waals surface area (Å²) in [5.74, 6) is 0.414. The van der Waals surface area contributed by atoms with Gasteiger partial charge in [0.15, 0.2) is 0 Å². The van der Waals surface area contributed by atoms with Crippen LogP contribution in [-0.2, 0) is 4.79 Å². The number of anilines is 1. The molecule has 0 heterocycles. The van der Waals surface area contributed by atoms with Gasteiger partial charge in [-0.3, -0.25) is 4.79 Å². The third-order valence-corrected chi connectivity index (χ3v) is 2.21. The number of primary amides is 1. The lowest BCUT2D eigenvalue weighted by Gasteiger charge is -2.13. The third kappa shape index (κ3) is 4.21. The highest BCUT2D eigenvalue weighted by molar-refractivity contribution is 5.78. The van der Waals surface area contributed by atoms with Crippen LogP contribution in [0.1, 0.15) is 20.3 Å². The zero-order valence-electron chi connectivity index (χ0n) is 9.69. The van der Waals surface area contributed by atoms with Crippen molar-refractivity contribution in [2.45, 2.75) is 26.4 Å². The predicted octanol–water partition coefficient (Wildman–Crippen LogP) is 1.76. The van der Waals surface area contributed by atoms with E-state index in [9.17, 15) is 4.79 Å². The molecule has 1 aromatic rings. The fourth-order valence-electron chi connectivity index (χ4n) is 1.18. The lowest BCUT2D eigenvalue weighted by Crippen LogP contribution is -2.21. The van der Waals surface area contributed by atoms with Gasteiger partial charge < -0.3 is 15.8 Å². The summed E-state index contributed by atoms with van der Waals surface area (Å²) < 4.78 is 5.65. The summed E-state index contributed by atoms with van der Waals surface area (Å²) in [5.41, 5.74) is 5.88. The molecule has 1 unspecified atom stereocenters. The van der Waals surface area contributed by atoms with Crippen LogP contribution in [0.15, 0.2) is 24.3 Å². The van der Waals surface area contributed by atoms with Gasteiger partial charge in [-0.05, 0) is 25.5 Å². The molecule has 1 amide bonds. The Bertz CT molecular complexity index is 353. The fraction of sp³-hybridized carbons (Fsp3) is 0.417. The normalized spacial score (nSPS) is 11.9. The van der Waals surface area contributed by atoms with Gasteiger partial charge in [0, 0.05) is 11.8 Å². The quantitative estimate of drug-likeness (QED) is 0.770. The number of rotatable bonds is 6. The number of hydrogen-bond donors (Lipinski definition) is 2. The van der Waals surface area contributed by atoms with E-state index in [4.69, 9.17) is 10.5 Å². The van der Waals surface area contributed by atoms with E-state index in [0.717, 1.165) is 17.9 Å². The monoisotopic (exact) mass is 222 g/mol. The molecule has 4 nitrogen and oxygen atoms in total. The van der Waals surface area contributed by atoms with E-state index < -0.39 is 0 Å². The molecular formula is C12H18N2O2. The van der Waals surface area contributed by atoms with Crippen molar-refractivity contribution >= 4 is 11.6 Å². The summed E-state index contributed by atoms with van der Waals surface area (Å²) in [4.78, 5) is 10.6. The van der Waals surface area contributed by atoms with Crippen molar-refractivity contribution in [3.63, 3.8) is 0 Å². The molecule has 0 spiro atoms. The molecule has 0 bridgehead atoms. The average molecular weight is 222 g/mol. The van der Waals surface area contributed by atoms with Crippen LogP contribution in [0.3, 0.4) is 0 Å². The fourth-order valence-corrected chi connectivity index (χ4v) is 1.18. The van der Waals surface area contributed by atoms with E-state index >= 15 is 0 Å². The van der Waals surface area contributed by atoms with Crippen LogP contribution in [0.4, 0.5) is 5.69 Å². The van der Waals surface area contributed by atoms with Crippen molar-refractivity contribution < 1.29 is 9.53 Å². The lowest BCUT2D eigenvalue weighted by atomic mass is 10.2. The van der Waals surface area contributed by atoms with E-state index in [1.807, 2.05) is 31.2 Å². The minimum atomic E-state index is -0.381. The Morgan fingerprint density at radius 2 is 2.31 bits per heavy atom. The second-order valence-electron chi connectivity index (χ2n) is 3.68. The largest absolute Gasteiger partial charge is 0.491 e. The lowest BCUT2D eigenvalue weighted by molar-refractivity contribution is -0.116. The van der Waals surface area contributed by atoms with Crippen LogP contribution < -0.4 is 15.8 Å². The molecule has 16 heavy (non-hydrogen) atoms. The second-order valence-corrected chi connectivity index (χ2v) is 3.68. The molecule has 88 valence electrons. The number of carbonyl (C=O) groups is 1. The van der Waals surface area contributed by atoms with E-state index in [-0.39, 0.29) is 18.6 Å². The maximum atomic E-state index is 10.6. The van der Waals surface area contributed by atoms with Gasteiger partial charge in [0.25, 0.3) is 0 Å². The van der Waals surface area contributed by atoms with E-state index in [0.29, 0.717) is 0 Å². The Labute approximate surface area is 95.8 Å². The number of hydrogen-bond acceptors (Lipinski definition) is 3. The first-order valence-corrected chi connectivity index (χ1v) is 5.40. The first-order valence-electron chi connectivity index (χ1n) is 5.40. The first-order chi connectivity index (χ1) is 7.61. The number of carbonyl (C=O) groups excluding carboxylic acids is 1. The predicted molar refractivity (Wildman–Crippen MR) is 64.5 cm³/mol. The number of amides is 1. The molecule has 0 saturated heterocycles. The van der Waals surface area contributed by atoms with Crippen molar-refractivity contribution in [3.8, 4) is 5.75 Å². The Hall–Kier alpha value is -1.71. The minimum Gasteiger partial charge on any atom is -0.491 e. The topological polar surface area (TPSA) is 64.3 Å². The van der Waals surface area contributed by atoms with Crippen molar-refractivity contribution in [3.05, 3.63) is 24.3 Å². The smallest absolute Gasteiger partial charge is 0.236 e. The Kier molecular flexibility index (Phi) is 4.64. The highest BCUT2D eigenvalue weighted by Crippen LogP contribution is 2.18. The maximum absolute atomic E-state index is 10.6. The van der Waals surface area contributed by atoms with Gasteiger partial charge in [-0.15, -0.1) is 0 Å². The van der Waals surface area contributed by atoms with Crippen molar-refractivity contribution in [2.24, 2.45) is 5.73 Å². The maximum Gasteiger partial charge on any atom is 0.236 e. The molecule has 0 aliphatic carbocycles. The summed E-state index contributed by atoms with van der Waals surface area (Å²) >= 11 is 0. The van der Waals surface area contributed by atoms with E-state index in [1.165, 1.54) is 0 Å². The minimum absolute atomic E-state index is 0.132. The standard InChI is InChI=1S/C12H18N2O2/c1-3-9(2)16-11-6-4-5-10(7-11)14-8-12(13)15/h4-7,9,14H,3,8H2,1-2H3,(H2,13,15).